The van der Waals surface area contributed by atoms with E-state index in [-0.39, 0.29) is 11.3 Å². The molecule has 0 radical (unpaired) electrons. The summed E-state index contributed by atoms with van der Waals surface area (Å²) in [6, 6.07) is 20.8. The standard InChI is InChI=1S/C17H18ClNS/c18-15(12-17(19)20)11-16(13-7-3-1-4-8-13)14-9-5-2-6-10-14/h1-10,15-16H,11-12H2,(H2,19,20). The van der Waals surface area contributed by atoms with Crippen molar-refractivity contribution in [3.8, 4) is 0 Å². The minimum absolute atomic E-state index is 0.0436. The maximum Gasteiger partial charge on any atom is 0.0742 e. The van der Waals surface area contributed by atoms with Gasteiger partial charge in [-0.1, -0.05) is 72.9 Å². The van der Waals surface area contributed by atoms with Gasteiger partial charge in [0.2, 0.25) is 0 Å². The van der Waals surface area contributed by atoms with Crippen molar-refractivity contribution in [2.45, 2.75) is 24.1 Å². The fraction of sp³-hybridized carbons (Fsp3) is 0.235. The first-order chi connectivity index (χ1) is 9.66. The SMILES string of the molecule is NC(=S)CC(Cl)CC(c1ccccc1)c1ccccc1. The normalized spacial score (nSPS) is 12.3. The Morgan fingerprint density at radius 2 is 1.40 bits per heavy atom. The van der Waals surface area contributed by atoms with E-state index in [4.69, 9.17) is 29.6 Å². The second kappa shape index (κ2) is 7.41. The molecule has 2 rings (SSSR count). The van der Waals surface area contributed by atoms with Crippen LogP contribution in [0.3, 0.4) is 0 Å². The van der Waals surface area contributed by atoms with Gasteiger partial charge in [0, 0.05) is 17.7 Å². The molecule has 0 spiro atoms. The van der Waals surface area contributed by atoms with Gasteiger partial charge in [-0.15, -0.1) is 11.6 Å². The van der Waals surface area contributed by atoms with Crippen molar-refractivity contribution in [1.82, 2.24) is 0 Å². The van der Waals surface area contributed by atoms with E-state index in [1.165, 1.54) is 11.1 Å². The molecular weight excluding hydrogens is 286 g/mol. The van der Waals surface area contributed by atoms with Crippen molar-refractivity contribution in [3.05, 3.63) is 71.8 Å². The van der Waals surface area contributed by atoms with Gasteiger partial charge in [-0.25, -0.2) is 0 Å². The molecule has 2 aromatic carbocycles. The second-order valence-electron chi connectivity index (χ2n) is 4.88. The van der Waals surface area contributed by atoms with Gasteiger partial charge in [0.15, 0.2) is 0 Å². The van der Waals surface area contributed by atoms with Gasteiger partial charge in [-0.05, 0) is 17.5 Å². The summed E-state index contributed by atoms with van der Waals surface area (Å²) < 4.78 is 0. The third-order valence-electron chi connectivity index (χ3n) is 3.32. The summed E-state index contributed by atoms with van der Waals surface area (Å²) >= 11 is 11.4. The Hall–Kier alpha value is -1.38. The Labute approximate surface area is 130 Å². The smallest absolute Gasteiger partial charge is 0.0742 e. The molecule has 0 bridgehead atoms. The third-order valence-corrected chi connectivity index (χ3v) is 3.82. The van der Waals surface area contributed by atoms with Crippen LogP contribution < -0.4 is 5.73 Å². The maximum absolute atomic E-state index is 6.40. The number of rotatable bonds is 6. The summed E-state index contributed by atoms with van der Waals surface area (Å²) in [5.74, 6) is 0.272. The van der Waals surface area contributed by atoms with Crippen LogP contribution in [0.4, 0.5) is 0 Å². The van der Waals surface area contributed by atoms with Crippen LogP contribution in [-0.2, 0) is 0 Å². The van der Waals surface area contributed by atoms with Crippen LogP contribution in [0.25, 0.3) is 0 Å². The lowest BCUT2D eigenvalue weighted by molar-refractivity contribution is 0.686. The van der Waals surface area contributed by atoms with E-state index >= 15 is 0 Å². The highest BCUT2D eigenvalue weighted by Gasteiger charge is 2.18. The predicted molar refractivity (Wildman–Crippen MR) is 90.4 cm³/mol. The summed E-state index contributed by atoms with van der Waals surface area (Å²) in [6.45, 7) is 0. The monoisotopic (exact) mass is 303 g/mol. The van der Waals surface area contributed by atoms with Crippen LogP contribution in [0.15, 0.2) is 60.7 Å². The largest absolute Gasteiger partial charge is 0.393 e. The lowest BCUT2D eigenvalue weighted by Gasteiger charge is -2.21. The average Bonchev–Trinajstić information content (AvgIpc) is 2.46. The Balaban J connectivity index is 2.24. The minimum atomic E-state index is -0.0436. The Kier molecular flexibility index (Phi) is 5.57. The van der Waals surface area contributed by atoms with Gasteiger partial charge in [0.25, 0.3) is 0 Å². The van der Waals surface area contributed by atoms with E-state index in [0.29, 0.717) is 11.4 Å². The number of benzene rings is 2. The molecule has 0 fully saturated rings. The number of hydrogen-bond acceptors (Lipinski definition) is 1. The van der Waals surface area contributed by atoms with E-state index in [1.54, 1.807) is 0 Å². The molecule has 1 unspecified atom stereocenters. The van der Waals surface area contributed by atoms with Crippen molar-refractivity contribution >= 4 is 28.8 Å². The first kappa shape index (κ1) is 15.0. The fourth-order valence-corrected chi connectivity index (χ4v) is 3.03. The molecule has 0 saturated heterocycles. The first-order valence-electron chi connectivity index (χ1n) is 6.69. The van der Waals surface area contributed by atoms with Crippen LogP contribution in [0.1, 0.15) is 29.9 Å². The van der Waals surface area contributed by atoms with Gasteiger partial charge >= 0.3 is 0 Å². The maximum atomic E-state index is 6.40. The van der Waals surface area contributed by atoms with Gasteiger partial charge < -0.3 is 5.73 Å². The Morgan fingerprint density at radius 3 is 1.80 bits per heavy atom. The molecule has 0 amide bonds. The molecule has 2 N–H and O–H groups in total. The number of halogens is 1. The minimum Gasteiger partial charge on any atom is -0.393 e. The molecule has 1 nitrogen and oxygen atoms in total. The highest BCUT2D eigenvalue weighted by Crippen LogP contribution is 2.31. The van der Waals surface area contributed by atoms with Crippen LogP contribution in [0.5, 0.6) is 0 Å². The predicted octanol–water partition coefficient (Wildman–Crippen LogP) is 4.49. The molecule has 2 aromatic rings. The van der Waals surface area contributed by atoms with Crippen molar-refractivity contribution in [2.75, 3.05) is 0 Å². The summed E-state index contributed by atoms with van der Waals surface area (Å²) in [5, 5.41) is -0.0436. The molecule has 0 aliphatic rings. The highest BCUT2D eigenvalue weighted by molar-refractivity contribution is 7.80. The van der Waals surface area contributed by atoms with Gasteiger partial charge in [-0.3, -0.25) is 0 Å². The number of thiocarbonyl (C=S) groups is 1. The van der Waals surface area contributed by atoms with E-state index in [9.17, 15) is 0 Å². The molecule has 0 aliphatic heterocycles. The number of nitrogens with two attached hydrogens (primary N) is 1. The quantitative estimate of drug-likeness (QED) is 0.628. The van der Waals surface area contributed by atoms with E-state index in [1.807, 2.05) is 12.1 Å². The summed E-state index contributed by atoms with van der Waals surface area (Å²) in [7, 11) is 0. The van der Waals surface area contributed by atoms with Crippen molar-refractivity contribution in [2.24, 2.45) is 5.73 Å². The molecule has 0 aliphatic carbocycles. The number of alkyl halides is 1. The average molecular weight is 304 g/mol. The van der Waals surface area contributed by atoms with Crippen molar-refractivity contribution in [1.29, 1.82) is 0 Å². The van der Waals surface area contributed by atoms with Gasteiger partial charge in [0.1, 0.15) is 0 Å². The van der Waals surface area contributed by atoms with Crippen LogP contribution in [-0.4, -0.2) is 10.4 Å². The molecular formula is C17H18ClNS. The zero-order valence-corrected chi connectivity index (χ0v) is 12.8. The van der Waals surface area contributed by atoms with E-state index < -0.39 is 0 Å². The van der Waals surface area contributed by atoms with Crippen LogP contribution in [0.2, 0.25) is 0 Å². The molecule has 104 valence electrons. The third kappa shape index (κ3) is 4.32. The molecule has 20 heavy (non-hydrogen) atoms. The summed E-state index contributed by atoms with van der Waals surface area (Å²) in [5.41, 5.74) is 8.13. The molecule has 3 heteroatoms. The summed E-state index contributed by atoms with van der Waals surface area (Å²) in [4.78, 5) is 0.477. The highest BCUT2D eigenvalue weighted by atomic mass is 35.5. The number of hydrogen-bond donors (Lipinski definition) is 1. The van der Waals surface area contributed by atoms with Gasteiger partial charge in [0.05, 0.1) is 4.99 Å². The lowest BCUT2D eigenvalue weighted by Crippen LogP contribution is -2.17. The van der Waals surface area contributed by atoms with E-state index in [0.717, 1.165) is 6.42 Å². The van der Waals surface area contributed by atoms with Gasteiger partial charge in [-0.2, -0.15) is 0 Å². The fourth-order valence-electron chi connectivity index (χ4n) is 2.39. The Morgan fingerprint density at radius 1 is 0.950 bits per heavy atom. The zero-order valence-electron chi connectivity index (χ0n) is 11.2. The van der Waals surface area contributed by atoms with E-state index in [2.05, 4.69) is 48.5 Å². The zero-order chi connectivity index (χ0) is 14.4. The molecule has 0 aromatic heterocycles. The molecule has 0 saturated carbocycles. The lowest BCUT2D eigenvalue weighted by atomic mass is 9.87. The van der Waals surface area contributed by atoms with Crippen molar-refractivity contribution in [3.63, 3.8) is 0 Å². The van der Waals surface area contributed by atoms with Crippen LogP contribution >= 0.6 is 23.8 Å². The topological polar surface area (TPSA) is 26.0 Å². The molecule has 0 heterocycles. The van der Waals surface area contributed by atoms with Crippen LogP contribution in [0, 0.1) is 0 Å². The Bertz CT molecular complexity index is 502. The molecule has 1 atom stereocenters. The summed E-state index contributed by atoms with van der Waals surface area (Å²) in [6.07, 6.45) is 1.40. The second-order valence-corrected chi connectivity index (χ2v) is 6.02. The first-order valence-corrected chi connectivity index (χ1v) is 7.53. The van der Waals surface area contributed by atoms with Crippen molar-refractivity contribution < 1.29 is 0 Å².